The number of hydroxylamine groups is 1. The highest BCUT2D eigenvalue weighted by atomic mass is 16.6. The molecule has 0 bridgehead atoms. The molecule has 1 fully saturated rings. The fraction of sp³-hybridized carbons (Fsp3) is 0.167. The van der Waals surface area contributed by atoms with E-state index in [1.54, 1.807) is 24.3 Å². The molecule has 0 radical (unpaired) electrons. The zero-order valence-corrected chi connectivity index (χ0v) is 12.9. The molecule has 0 aromatic heterocycles. The topological polar surface area (TPSA) is 75.7 Å². The van der Waals surface area contributed by atoms with Gasteiger partial charge in [0.15, 0.2) is 0 Å². The van der Waals surface area contributed by atoms with E-state index in [1.807, 2.05) is 30.3 Å². The van der Waals surface area contributed by atoms with E-state index in [9.17, 15) is 14.4 Å². The van der Waals surface area contributed by atoms with Crippen LogP contribution in [0.15, 0.2) is 54.6 Å². The Morgan fingerprint density at radius 2 is 1.58 bits per heavy atom. The molecule has 2 aromatic carbocycles. The first-order chi connectivity index (χ1) is 11.6. The number of anilines is 1. The maximum Gasteiger partial charge on any atom is 0.274 e. The van der Waals surface area contributed by atoms with Crippen molar-refractivity contribution in [1.82, 2.24) is 5.48 Å². The average Bonchev–Trinajstić information content (AvgIpc) is 2.94. The summed E-state index contributed by atoms with van der Waals surface area (Å²) in [5.41, 5.74) is 4.17. The molecule has 6 nitrogen and oxygen atoms in total. The molecular formula is C18H16N2O4. The lowest BCUT2D eigenvalue weighted by Gasteiger charge is -2.14. The van der Waals surface area contributed by atoms with E-state index in [2.05, 4.69) is 5.48 Å². The molecule has 0 atom stereocenters. The molecule has 0 aliphatic carbocycles. The first-order valence-corrected chi connectivity index (χ1v) is 7.57. The van der Waals surface area contributed by atoms with Crippen molar-refractivity contribution < 1.29 is 19.2 Å². The maximum atomic E-state index is 12.0. The minimum atomic E-state index is -0.392. The Balaban J connectivity index is 1.58. The van der Waals surface area contributed by atoms with Gasteiger partial charge in [-0.15, -0.1) is 0 Å². The van der Waals surface area contributed by atoms with Crippen LogP contribution in [0.1, 0.15) is 28.8 Å². The zero-order valence-electron chi connectivity index (χ0n) is 12.9. The van der Waals surface area contributed by atoms with Gasteiger partial charge < -0.3 is 0 Å². The van der Waals surface area contributed by atoms with Crippen LogP contribution in [0.2, 0.25) is 0 Å². The normalized spacial score (nSPS) is 14.1. The number of nitrogens with zero attached hydrogens (tertiary/aromatic N) is 1. The van der Waals surface area contributed by atoms with Crippen LogP contribution in [-0.4, -0.2) is 17.7 Å². The van der Waals surface area contributed by atoms with Gasteiger partial charge in [-0.2, -0.15) is 0 Å². The van der Waals surface area contributed by atoms with Crippen LogP contribution in [0.3, 0.4) is 0 Å². The van der Waals surface area contributed by atoms with Crippen molar-refractivity contribution in [3.8, 4) is 0 Å². The van der Waals surface area contributed by atoms with E-state index in [-0.39, 0.29) is 31.3 Å². The Hall–Kier alpha value is -2.99. The summed E-state index contributed by atoms with van der Waals surface area (Å²) in [6.07, 6.45) is 0.461. The second-order valence-electron chi connectivity index (χ2n) is 5.38. The molecule has 1 N–H and O–H groups in total. The molecule has 122 valence electrons. The summed E-state index contributed by atoms with van der Waals surface area (Å²) in [5.74, 6) is -0.830. The van der Waals surface area contributed by atoms with Crippen molar-refractivity contribution in [3.05, 3.63) is 65.7 Å². The van der Waals surface area contributed by atoms with Crippen LogP contribution < -0.4 is 10.4 Å². The Morgan fingerprint density at radius 3 is 2.21 bits per heavy atom. The van der Waals surface area contributed by atoms with Crippen LogP contribution in [-0.2, 0) is 21.0 Å². The Morgan fingerprint density at radius 1 is 0.958 bits per heavy atom. The standard InChI is InChI=1S/C18H16N2O4/c21-16-10-11-17(22)20(16)15-8-6-14(7-9-15)18(23)19-24-12-13-4-2-1-3-5-13/h1-9H,10-12H2,(H,19,23). The zero-order chi connectivity index (χ0) is 16.9. The van der Waals surface area contributed by atoms with Crippen molar-refractivity contribution in [1.29, 1.82) is 0 Å². The number of carbonyl (C=O) groups excluding carboxylic acids is 3. The summed E-state index contributed by atoms with van der Waals surface area (Å²) >= 11 is 0. The molecule has 1 saturated heterocycles. The van der Waals surface area contributed by atoms with Crippen molar-refractivity contribution in [2.75, 3.05) is 4.90 Å². The van der Waals surface area contributed by atoms with Gasteiger partial charge in [0.2, 0.25) is 11.8 Å². The third-order valence-electron chi connectivity index (χ3n) is 3.69. The predicted octanol–water partition coefficient (Wildman–Crippen LogP) is 2.20. The first-order valence-electron chi connectivity index (χ1n) is 7.57. The van der Waals surface area contributed by atoms with Crippen LogP contribution >= 0.6 is 0 Å². The molecular weight excluding hydrogens is 308 g/mol. The lowest BCUT2D eigenvalue weighted by molar-refractivity contribution is -0.121. The summed E-state index contributed by atoms with van der Waals surface area (Å²) in [5, 5.41) is 0. The molecule has 6 heteroatoms. The first kappa shape index (κ1) is 15.9. The van der Waals surface area contributed by atoms with E-state index in [4.69, 9.17) is 4.84 Å². The highest BCUT2D eigenvalue weighted by Crippen LogP contribution is 2.22. The number of nitrogens with one attached hydrogen (secondary N) is 1. The van der Waals surface area contributed by atoms with E-state index in [0.29, 0.717) is 11.3 Å². The highest BCUT2D eigenvalue weighted by molar-refractivity contribution is 6.19. The van der Waals surface area contributed by atoms with Gasteiger partial charge in [-0.1, -0.05) is 30.3 Å². The molecule has 1 heterocycles. The van der Waals surface area contributed by atoms with Gasteiger partial charge >= 0.3 is 0 Å². The third-order valence-corrected chi connectivity index (χ3v) is 3.69. The monoisotopic (exact) mass is 324 g/mol. The molecule has 2 aromatic rings. The highest BCUT2D eigenvalue weighted by Gasteiger charge is 2.30. The van der Waals surface area contributed by atoms with Crippen molar-refractivity contribution in [3.63, 3.8) is 0 Å². The van der Waals surface area contributed by atoms with Gasteiger partial charge in [0.25, 0.3) is 5.91 Å². The number of benzene rings is 2. The second-order valence-corrected chi connectivity index (χ2v) is 5.38. The summed E-state index contributed by atoms with van der Waals surface area (Å²) in [7, 11) is 0. The number of hydrogen-bond acceptors (Lipinski definition) is 4. The van der Waals surface area contributed by atoms with E-state index in [1.165, 1.54) is 0 Å². The van der Waals surface area contributed by atoms with Gasteiger partial charge in [0.1, 0.15) is 0 Å². The quantitative estimate of drug-likeness (QED) is 0.676. The Bertz CT molecular complexity index is 740. The average molecular weight is 324 g/mol. The number of amides is 3. The van der Waals surface area contributed by atoms with Crippen LogP contribution in [0.25, 0.3) is 0 Å². The lowest BCUT2D eigenvalue weighted by Crippen LogP contribution is -2.28. The van der Waals surface area contributed by atoms with Crippen molar-refractivity contribution in [2.45, 2.75) is 19.4 Å². The van der Waals surface area contributed by atoms with Gasteiger partial charge in [-0.3, -0.25) is 24.1 Å². The fourth-order valence-corrected chi connectivity index (χ4v) is 2.44. The van der Waals surface area contributed by atoms with E-state index in [0.717, 1.165) is 10.5 Å². The number of rotatable bonds is 5. The minimum absolute atomic E-state index is 0.219. The van der Waals surface area contributed by atoms with Crippen LogP contribution in [0, 0.1) is 0 Å². The third kappa shape index (κ3) is 3.49. The van der Waals surface area contributed by atoms with E-state index < -0.39 is 5.91 Å². The molecule has 0 unspecified atom stereocenters. The Kier molecular flexibility index (Phi) is 4.67. The Labute approximate surface area is 139 Å². The molecule has 0 spiro atoms. The van der Waals surface area contributed by atoms with Gasteiger partial charge in [-0.05, 0) is 29.8 Å². The summed E-state index contributed by atoms with van der Waals surface area (Å²) in [4.78, 5) is 41.7. The van der Waals surface area contributed by atoms with Crippen molar-refractivity contribution in [2.24, 2.45) is 0 Å². The maximum absolute atomic E-state index is 12.0. The summed E-state index contributed by atoms with van der Waals surface area (Å²) in [6, 6.07) is 15.7. The number of carbonyl (C=O) groups is 3. The number of hydrogen-bond donors (Lipinski definition) is 1. The molecule has 0 saturated carbocycles. The minimum Gasteiger partial charge on any atom is -0.274 e. The van der Waals surface area contributed by atoms with Gasteiger partial charge in [0.05, 0.1) is 12.3 Å². The van der Waals surface area contributed by atoms with Crippen LogP contribution in [0.5, 0.6) is 0 Å². The van der Waals surface area contributed by atoms with Gasteiger partial charge in [0, 0.05) is 18.4 Å². The summed E-state index contributed by atoms with van der Waals surface area (Å²) in [6.45, 7) is 0.265. The van der Waals surface area contributed by atoms with E-state index >= 15 is 0 Å². The molecule has 1 aliphatic rings. The second kappa shape index (κ2) is 7.06. The van der Waals surface area contributed by atoms with Crippen LogP contribution in [0.4, 0.5) is 5.69 Å². The lowest BCUT2D eigenvalue weighted by atomic mass is 10.2. The molecule has 3 amide bonds. The number of imide groups is 1. The SMILES string of the molecule is O=C(NOCc1ccccc1)c1ccc(N2C(=O)CCC2=O)cc1. The predicted molar refractivity (Wildman–Crippen MR) is 86.9 cm³/mol. The summed E-state index contributed by atoms with van der Waals surface area (Å²) < 4.78 is 0. The molecule has 3 rings (SSSR count). The van der Waals surface area contributed by atoms with Crippen molar-refractivity contribution >= 4 is 23.4 Å². The largest absolute Gasteiger partial charge is 0.274 e. The van der Waals surface area contributed by atoms with Gasteiger partial charge in [-0.25, -0.2) is 5.48 Å². The molecule has 1 aliphatic heterocycles. The molecule has 24 heavy (non-hydrogen) atoms. The smallest absolute Gasteiger partial charge is 0.274 e. The fourth-order valence-electron chi connectivity index (χ4n) is 2.44.